The molecule has 1 heterocycles. The molecule has 0 aliphatic heterocycles. The Bertz CT molecular complexity index is 576. The van der Waals surface area contributed by atoms with Gasteiger partial charge in [0.05, 0.1) is 17.3 Å². The summed E-state index contributed by atoms with van der Waals surface area (Å²) in [5.41, 5.74) is 1.79. The van der Waals surface area contributed by atoms with Gasteiger partial charge in [0, 0.05) is 5.39 Å². The fourth-order valence-corrected chi connectivity index (χ4v) is 1.96. The van der Waals surface area contributed by atoms with Gasteiger partial charge in [-0.25, -0.2) is 4.98 Å². The van der Waals surface area contributed by atoms with Crippen LogP contribution in [0.4, 0.5) is 0 Å². The number of phenols is 1. The molecule has 0 spiro atoms. The van der Waals surface area contributed by atoms with Crippen LogP contribution in [0, 0.1) is 0 Å². The van der Waals surface area contributed by atoms with Gasteiger partial charge < -0.3 is 10.2 Å². The number of hydrogen-bond donors (Lipinski definition) is 2. The van der Waals surface area contributed by atoms with Crippen molar-refractivity contribution < 1.29 is 10.2 Å². The molecule has 100 valence electrons. The van der Waals surface area contributed by atoms with Crippen LogP contribution in [-0.4, -0.2) is 21.3 Å². The first kappa shape index (κ1) is 13.6. The SMILES string of the molecule is CC(O)CCC/C=C/c1ccc2cc(O)ccc2n1. The van der Waals surface area contributed by atoms with E-state index in [0.29, 0.717) is 0 Å². The number of aliphatic hydroxyl groups excluding tert-OH is 1. The molecule has 2 aromatic rings. The largest absolute Gasteiger partial charge is 0.508 e. The Labute approximate surface area is 113 Å². The van der Waals surface area contributed by atoms with Crippen molar-refractivity contribution in [2.24, 2.45) is 0 Å². The van der Waals surface area contributed by atoms with E-state index in [1.165, 1.54) is 0 Å². The van der Waals surface area contributed by atoms with Gasteiger partial charge in [0.15, 0.2) is 0 Å². The van der Waals surface area contributed by atoms with Crippen molar-refractivity contribution in [1.29, 1.82) is 0 Å². The highest BCUT2D eigenvalue weighted by molar-refractivity contribution is 5.81. The number of nitrogens with zero attached hydrogens (tertiary/aromatic N) is 1. The molecule has 3 heteroatoms. The molecular formula is C16H19NO2. The van der Waals surface area contributed by atoms with Gasteiger partial charge in [-0.3, -0.25) is 0 Å². The summed E-state index contributed by atoms with van der Waals surface area (Å²) in [5.74, 6) is 0.260. The molecule has 0 radical (unpaired) electrons. The lowest BCUT2D eigenvalue weighted by Gasteiger charge is -2.01. The van der Waals surface area contributed by atoms with Gasteiger partial charge in [0.1, 0.15) is 5.75 Å². The molecule has 0 saturated carbocycles. The zero-order valence-corrected chi connectivity index (χ0v) is 11.1. The monoisotopic (exact) mass is 257 g/mol. The highest BCUT2D eigenvalue weighted by Gasteiger charge is 1.97. The third-order valence-electron chi connectivity index (χ3n) is 2.98. The minimum atomic E-state index is -0.222. The van der Waals surface area contributed by atoms with E-state index in [-0.39, 0.29) is 11.9 Å². The number of aromatic hydroxyl groups is 1. The Morgan fingerprint density at radius 2 is 2.11 bits per heavy atom. The Morgan fingerprint density at radius 1 is 1.26 bits per heavy atom. The van der Waals surface area contributed by atoms with Crippen LogP contribution in [0.15, 0.2) is 36.4 Å². The Hall–Kier alpha value is -1.87. The third-order valence-corrected chi connectivity index (χ3v) is 2.98. The van der Waals surface area contributed by atoms with E-state index in [1.807, 2.05) is 31.2 Å². The summed E-state index contributed by atoms with van der Waals surface area (Å²) in [6.45, 7) is 1.81. The van der Waals surface area contributed by atoms with Crippen molar-refractivity contribution in [1.82, 2.24) is 4.98 Å². The van der Waals surface area contributed by atoms with Crippen LogP contribution >= 0.6 is 0 Å². The molecule has 0 aliphatic rings. The molecule has 1 aromatic carbocycles. The van der Waals surface area contributed by atoms with Crippen molar-refractivity contribution in [3.63, 3.8) is 0 Å². The zero-order valence-electron chi connectivity index (χ0n) is 11.1. The molecule has 2 N–H and O–H groups in total. The van der Waals surface area contributed by atoms with Gasteiger partial charge in [-0.05, 0) is 56.5 Å². The molecule has 2 rings (SSSR count). The Morgan fingerprint density at radius 3 is 2.89 bits per heavy atom. The van der Waals surface area contributed by atoms with E-state index in [1.54, 1.807) is 12.1 Å². The number of rotatable bonds is 5. The van der Waals surface area contributed by atoms with Gasteiger partial charge in [0.2, 0.25) is 0 Å². The summed E-state index contributed by atoms with van der Waals surface area (Å²) in [4.78, 5) is 4.50. The second-order valence-electron chi connectivity index (χ2n) is 4.80. The zero-order chi connectivity index (χ0) is 13.7. The topological polar surface area (TPSA) is 53.4 Å². The van der Waals surface area contributed by atoms with Crippen LogP contribution in [0.2, 0.25) is 0 Å². The lowest BCUT2D eigenvalue weighted by Crippen LogP contribution is -1.97. The van der Waals surface area contributed by atoms with Crippen LogP contribution in [0.3, 0.4) is 0 Å². The second-order valence-corrected chi connectivity index (χ2v) is 4.80. The van der Waals surface area contributed by atoms with E-state index in [0.717, 1.165) is 35.9 Å². The maximum atomic E-state index is 9.38. The number of fused-ring (bicyclic) bond motifs is 1. The predicted octanol–water partition coefficient (Wildman–Crippen LogP) is 3.50. The highest BCUT2D eigenvalue weighted by atomic mass is 16.3. The van der Waals surface area contributed by atoms with Crippen LogP contribution < -0.4 is 0 Å². The first-order chi connectivity index (χ1) is 9.15. The number of aromatic nitrogens is 1. The highest BCUT2D eigenvalue weighted by Crippen LogP contribution is 2.19. The number of benzene rings is 1. The molecule has 0 bridgehead atoms. The average molecular weight is 257 g/mol. The molecule has 3 nitrogen and oxygen atoms in total. The quantitative estimate of drug-likeness (QED) is 0.806. The fraction of sp³-hybridized carbons (Fsp3) is 0.312. The van der Waals surface area contributed by atoms with Gasteiger partial charge in [0.25, 0.3) is 0 Å². The molecule has 0 amide bonds. The number of allylic oxidation sites excluding steroid dienone is 1. The third kappa shape index (κ3) is 4.07. The summed E-state index contributed by atoms with van der Waals surface area (Å²) in [6, 6.07) is 9.06. The standard InChI is InChI=1S/C16H19NO2/c1-12(18)5-3-2-4-6-14-8-7-13-11-15(19)9-10-16(13)17-14/h4,6-12,18-19H,2-3,5H2,1H3/b6-4+. The molecule has 19 heavy (non-hydrogen) atoms. The second kappa shape index (κ2) is 6.34. The molecule has 1 aromatic heterocycles. The van der Waals surface area contributed by atoms with E-state index in [9.17, 15) is 5.11 Å². The minimum absolute atomic E-state index is 0.222. The van der Waals surface area contributed by atoms with Gasteiger partial charge in [-0.15, -0.1) is 0 Å². The lowest BCUT2D eigenvalue weighted by atomic mass is 10.1. The molecule has 0 aliphatic carbocycles. The summed E-state index contributed by atoms with van der Waals surface area (Å²) in [7, 11) is 0. The number of unbranched alkanes of at least 4 members (excludes halogenated alkanes) is 1. The number of pyridine rings is 1. The van der Waals surface area contributed by atoms with E-state index in [4.69, 9.17) is 5.11 Å². The summed E-state index contributed by atoms with van der Waals surface area (Å²) >= 11 is 0. The molecule has 0 saturated heterocycles. The minimum Gasteiger partial charge on any atom is -0.508 e. The predicted molar refractivity (Wildman–Crippen MR) is 78.0 cm³/mol. The first-order valence-corrected chi connectivity index (χ1v) is 6.59. The van der Waals surface area contributed by atoms with Crippen molar-refractivity contribution in [2.45, 2.75) is 32.3 Å². The smallest absolute Gasteiger partial charge is 0.116 e. The van der Waals surface area contributed by atoms with Crippen LogP contribution in [0.25, 0.3) is 17.0 Å². The van der Waals surface area contributed by atoms with E-state index in [2.05, 4.69) is 11.1 Å². The molecule has 0 fully saturated rings. The van der Waals surface area contributed by atoms with Gasteiger partial charge in [-0.1, -0.05) is 12.1 Å². The van der Waals surface area contributed by atoms with E-state index < -0.39 is 0 Å². The van der Waals surface area contributed by atoms with Gasteiger partial charge in [-0.2, -0.15) is 0 Å². The number of phenolic OH excluding ortho intramolecular Hbond substituents is 1. The Kier molecular flexibility index (Phi) is 4.53. The van der Waals surface area contributed by atoms with Crippen LogP contribution in [0.5, 0.6) is 5.75 Å². The van der Waals surface area contributed by atoms with Crippen molar-refractivity contribution in [2.75, 3.05) is 0 Å². The van der Waals surface area contributed by atoms with Crippen LogP contribution in [0.1, 0.15) is 31.9 Å². The Balaban J connectivity index is 2.01. The fourth-order valence-electron chi connectivity index (χ4n) is 1.96. The number of hydrogen-bond acceptors (Lipinski definition) is 3. The maximum Gasteiger partial charge on any atom is 0.116 e. The summed E-state index contributed by atoms with van der Waals surface area (Å²) in [5, 5.41) is 19.5. The summed E-state index contributed by atoms with van der Waals surface area (Å²) < 4.78 is 0. The lowest BCUT2D eigenvalue weighted by molar-refractivity contribution is 0.182. The molecule has 1 unspecified atom stereocenters. The van der Waals surface area contributed by atoms with E-state index >= 15 is 0 Å². The maximum absolute atomic E-state index is 9.38. The van der Waals surface area contributed by atoms with Crippen molar-refractivity contribution >= 4 is 17.0 Å². The average Bonchev–Trinajstić information content (AvgIpc) is 2.38. The molecule has 1 atom stereocenters. The summed E-state index contributed by atoms with van der Waals surface area (Å²) in [6.07, 6.45) is 6.61. The number of aliphatic hydroxyl groups is 1. The van der Waals surface area contributed by atoms with Crippen molar-refractivity contribution in [3.05, 3.63) is 42.1 Å². The molecular weight excluding hydrogens is 238 g/mol. The van der Waals surface area contributed by atoms with Gasteiger partial charge >= 0.3 is 0 Å². The van der Waals surface area contributed by atoms with Crippen LogP contribution in [-0.2, 0) is 0 Å². The first-order valence-electron chi connectivity index (χ1n) is 6.59. The van der Waals surface area contributed by atoms with Crippen molar-refractivity contribution in [3.8, 4) is 5.75 Å². The normalized spacial score (nSPS) is 13.2.